The molecule has 0 bridgehead atoms. The summed E-state index contributed by atoms with van der Waals surface area (Å²) in [7, 11) is 0. The summed E-state index contributed by atoms with van der Waals surface area (Å²) < 4.78 is 9.37. The molecule has 23 heavy (non-hydrogen) atoms. The number of benzene rings is 2. The minimum absolute atomic E-state index is 0.684. The average molecular weight is 414 g/mol. The Bertz CT molecular complexity index is 1000. The fourth-order valence-electron chi connectivity index (χ4n) is 2.79. The zero-order chi connectivity index (χ0) is 16.0. The number of hydrogen-bond acceptors (Lipinski definition) is 2. The van der Waals surface area contributed by atoms with Crippen molar-refractivity contribution in [2.45, 2.75) is 13.8 Å². The van der Waals surface area contributed by atoms with Crippen LogP contribution < -0.4 is 0 Å². The van der Waals surface area contributed by atoms with Crippen molar-refractivity contribution in [3.63, 3.8) is 0 Å². The lowest BCUT2D eigenvalue weighted by Gasteiger charge is -2.04. The topological polar surface area (TPSA) is 31.0 Å². The maximum Gasteiger partial charge on any atom is 0.227 e. The molecule has 0 spiro atoms. The summed E-state index contributed by atoms with van der Waals surface area (Å²) >= 11 is 2.34. The zero-order valence-corrected chi connectivity index (χ0v) is 15.0. The fourth-order valence-corrected chi connectivity index (χ4v) is 3.29. The number of nitrogens with zero attached hydrogens (tertiary/aromatic N) is 2. The predicted molar refractivity (Wildman–Crippen MR) is 101 cm³/mol. The summed E-state index contributed by atoms with van der Waals surface area (Å²) in [6, 6.07) is 14.4. The van der Waals surface area contributed by atoms with Gasteiger partial charge in [-0.25, -0.2) is 4.98 Å². The molecule has 2 aromatic carbocycles. The van der Waals surface area contributed by atoms with Gasteiger partial charge in [0, 0.05) is 27.2 Å². The van der Waals surface area contributed by atoms with Crippen molar-refractivity contribution in [1.29, 1.82) is 0 Å². The van der Waals surface area contributed by atoms with E-state index in [4.69, 9.17) is 9.40 Å². The summed E-state index contributed by atoms with van der Waals surface area (Å²) in [6.45, 7) is 4.16. The molecule has 0 unspecified atom stereocenters. The zero-order valence-electron chi connectivity index (χ0n) is 12.9. The van der Waals surface area contributed by atoms with E-state index in [0.717, 1.165) is 27.9 Å². The second kappa shape index (κ2) is 5.53. The SMILES string of the molecule is Cc1c(I)cccc1-c1nc2cc(-n3cccc3)cc(C)c2o1. The minimum Gasteiger partial charge on any atom is -0.436 e. The number of aromatic nitrogens is 2. The van der Waals surface area contributed by atoms with Gasteiger partial charge in [0.2, 0.25) is 5.89 Å². The Hall–Kier alpha value is -2.08. The summed E-state index contributed by atoms with van der Waals surface area (Å²) in [6.07, 6.45) is 4.07. The van der Waals surface area contributed by atoms with E-state index in [9.17, 15) is 0 Å². The summed E-state index contributed by atoms with van der Waals surface area (Å²) in [5.74, 6) is 0.684. The van der Waals surface area contributed by atoms with Crippen LogP contribution in [0.1, 0.15) is 11.1 Å². The van der Waals surface area contributed by atoms with Gasteiger partial charge in [0.1, 0.15) is 5.52 Å². The Labute approximate surface area is 148 Å². The van der Waals surface area contributed by atoms with Gasteiger partial charge in [-0.2, -0.15) is 0 Å². The molecular weight excluding hydrogens is 399 g/mol. The van der Waals surface area contributed by atoms with Crippen LogP contribution in [-0.2, 0) is 0 Å². The third kappa shape index (κ3) is 2.47. The van der Waals surface area contributed by atoms with E-state index in [1.807, 2.05) is 30.6 Å². The second-order valence-electron chi connectivity index (χ2n) is 5.63. The second-order valence-corrected chi connectivity index (χ2v) is 6.79. The van der Waals surface area contributed by atoms with Crippen LogP contribution in [0.25, 0.3) is 28.2 Å². The Morgan fingerprint density at radius 3 is 2.61 bits per heavy atom. The van der Waals surface area contributed by atoms with Gasteiger partial charge in [-0.05, 0) is 84.0 Å². The molecule has 0 aliphatic carbocycles. The van der Waals surface area contributed by atoms with E-state index in [2.05, 4.69) is 65.3 Å². The highest BCUT2D eigenvalue weighted by Gasteiger charge is 2.14. The van der Waals surface area contributed by atoms with Gasteiger partial charge < -0.3 is 8.98 Å². The molecule has 0 radical (unpaired) electrons. The standard InChI is InChI=1S/C19H15IN2O/c1-12-10-14(22-8-3-4-9-22)11-17-18(12)23-19(21-17)15-6-5-7-16(20)13(15)2/h3-11H,1-2H3. The fraction of sp³-hybridized carbons (Fsp3) is 0.105. The molecule has 2 aromatic heterocycles. The van der Waals surface area contributed by atoms with Gasteiger partial charge >= 0.3 is 0 Å². The lowest BCUT2D eigenvalue weighted by Crippen LogP contribution is -1.90. The van der Waals surface area contributed by atoms with E-state index in [1.54, 1.807) is 0 Å². The van der Waals surface area contributed by atoms with Crippen molar-refractivity contribution >= 4 is 33.7 Å². The molecule has 4 heteroatoms. The Kier molecular flexibility index (Phi) is 3.49. The highest BCUT2D eigenvalue weighted by atomic mass is 127. The van der Waals surface area contributed by atoms with E-state index < -0.39 is 0 Å². The van der Waals surface area contributed by atoms with Crippen LogP contribution in [0.4, 0.5) is 0 Å². The number of rotatable bonds is 2. The van der Waals surface area contributed by atoms with Crippen LogP contribution in [0.3, 0.4) is 0 Å². The molecule has 0 saturated heterocycles. The summed E-state index contributed by atoms with van der Waals surface area (Å²) in [5.41, 5.74) is 6.18. The van der Waals surface area contributed by atoms with Gasteiger partial charge in [-0.3, -0.25) is 0 Å². The van der Waals surface area contributed by atoms with Crippen LogP contribution in [-0.4, -0.2) is 9.55 Å². The smallest absolute Gasteiger partial charge is 0.227 e. The highest BCUT2D eigenvalue weighted by molar-refractivity contribution is 14.1. The van der Waals surface area contributed by atoms with Crippen molar-refractivity contribution in [2.75, 3.05) is 0 Å². The molecule has 0 aliphatic heterocycles. The Morgan fingerprint density at radius 1 is 1.04 bits per heavy atom. The van der Waals surface area contributed by atoms with Gasteiger partial charge in [0.05, 0.1) is 0 Å². The molecule has 0 fully saturated rings. The molecular formula is C19H15IN2O. The van der Waals surface area contributed by atoms with E-state index in [-0.39, 0.29) is 0 Å². The molecule has 0 aliphatic rings. The quantitative estimate of drug-likeness (QED) is 0.405. The maximum absolute atomic E-state index is 6.07. The van der Waals surface area contributed by atoms with Crippen LogP contribution in [0.2, 0.25) is 0 Å². The number of fused-ring (bicyclic) bond motifs is 1. The van der Waals surface area contributed by atoms with Crippen LogP contribution in [0.15, 0.2) is 59.3 Å². The maximum atomic E-state index is 6.07. The molecule has 0 atom stereocenters. The van der Waals surface area contributed by atoms with E-state index in [1.165, 1.54) is 9.13 Å². The van der Waals surface area contributed by atoms with Gasteiger partial charge in [-0.1, -0.05) is 6.07 Å². The molecule has 4 aromatic rings. The molecule has 2 heterocycles. The number of halogens is 1. The predicted octanol–water partition coefficient (Wildman–Crippen LogP) is 5.51. The van der Waals surface area contributed by atoms with Crippen LogP contribution in [0, 0.1) is 17.4 Å². The van der Waals surface area contributed by atoms with Gasteiger partial charge in [0.25, 0.3) is 0 Å². The molecule has 3 nitrogen and oxygen atoms in total. The van der Waals surface area contributed by atoms with E-state index in [0.29, 0.717) is 5.89 Å². The summed E-state index contributed by atoms with van der Waals surface area (Å²) in [5, 5.41) is 0. The monoisotopic (exact) mass is 414 g/mol. The normalized spacial score (nSPS) is 11.3. The molecule has 0 amide bonds. The third-order valence-corrected chi connectivity index (χ3v) is 5.23. The lowest BCUT2D eigenvalue weighted by atomic mass is 10.1. The van der Waals surface area contributed by atoms with Crippen molar-refractivity contribution < 1.29 is 4.42 Å². The number of aryl methyl sites for hydroxylation is 1. The van der Waals surface area contributed by atoms with Crippen LogP contribution >= 0.6 is 22.6 Å². The highest BCUT2D eigenvalue weighted by Crippen LogP contribution is 2.31. The first-order valence-corrected chi connectivity index (χ1v) is 8.51. The lowest BCUT2D eigenvalue weighted by molar-refractivity contribution is 0.616. The third-order valence-electron chi connectivity index (χ3n) is 4.06. The van der Waals surface area contributed by atoms with E-state index >= 15 is 0 Å². The summed E-state index contributed by atoms with van der Waals surface area (Å²) in [4.78, 5) is 4.73. The Balaban J connectivity index is 1.91. The molecule has 0 N–H and O–H groups in total. The largest absolute Gasteiger partial charge is 0.436 e. The number of hydrogen-bond donors (Lipinski definition) is 0. The average Bonchev–Trinajstić information content (AvgIpc) is 3.19. The first-order chi connectivity index (χ1) is 11.1. The minimum atomic E-state index is 0.684. The van der Waals surface area contributed by atoms with Crippen molar-refractivity contribution in [3.05, 3.63) is 69.6 Å². The number of oxazole rings is 1. The van der Waals surface area contributed by atoms with Crippen molar-refractivity contribution in [1.82, 2.24) is 9.55 Å². The molecule has 114 valence electrons. The van der Waals surface area contributed by atoms with Gasteiger partial charge in [-0.15, -0.1) is 0 Å². The van der Waals surface area contributed by atoms with Crippen molar-refractivity contribution in [2.24, 2.45) is 0 Å². The first-order valence-electron chi connectivity index (χ1n) is 7.43. The van der Waals surface area contributed by atoms with Gasteiger partial charge in [0.15, 0.2) is 5.58 Å². The van der Waals surface area contributed by atoms with Crippen molar-refractivity contribution in [3.8, 4) is 17.1 Å². The molecule has 4 rings (SSSR count). The molecule has 0 saturated carbocycles. The Morgan fingerprint density at radius 2 is 1.83 bits per heavy atom. The first kappa shape index (κ1) is 14.5. The van der Waals surface area contributed by atoms with Crippen LogP contribution in [0.5, 0.6) is 0 Å².